The van der Waals surface area contributed by atoms with Crippen LogP contribution < -0.4 is 0 Å². The van der Waals surface area contributed by atoms with E-state index in [1.807, 2.05) is 18.2 Å². The zero-order chi connectivity index (χ0) is 13.8. The van der Waals surface area contributed by atoms with Crippen LogP contribution in [0.4, 0.5) is 0 Å². The van der Waals surface area contributed by atoms with Gasteiger partial charge in [0.2, 0.25) is 0 Å². The van der Waals surface area contributed by atoms with Gasteiger partial charge in [-0.05, 0) is 37.3 Å². The molecule has 4 nitrogen and oxygen atoms in total. The summed E-state index contributed by atoms with van der Waals surface area (Å²) in [4.78, 5) is 25.0. The first kappa shape index (κ1) is 13.6. The summed E-state index contributed by atoms with van der Waals surface area (Å²) in [6.45, 7) is 1.92. The molecule has 2 rings (SSSR count). The molecule has 1 aromatic carbocycles. The summed E-state index contributed by atoms with van der Waals surface area (Å²) < 4.78 is 4.77. The molecule has 1 atom stereocenters. The van der Waals surface area contributed by atoms with Gasteiger partial charge in [0, 0.05) is 7.05 Å². The molecule has 0 unspecified atom stereocenters. The number of esters is 1. The van der Waals surface area contributed by atoms with Gasteiger partial charge in [0.05, 0.1) is 12.6 Å². The lowest BCUT2D eigenvalue weighted by Crippen LogP contribution is -2.38. The van der Waals surface area contributed by atoms with Crippen LogP contribution in [0.25, 0.3) is 0 Å². The van der Waals surface area contributed by atoms with Crippen molar-refractivity contribution in [2.75, 3.05) is 13.7 Å². The number of ether oxygens (including phenoxy) is 1. The van der Waals surface area contributed by atoms with Crippen molar-refractivity contribution in [3.05, 3.63) is 35.4 Å². The first-order valence-corrected chi connectivity index (χ1v) is 6.67. The molecule has 0 aromatic heterocycles. The average Bonchev–Trinajstić information content (AvgIpc) is 2.45. The summed E-state index contributed by atoms with van der Waals surface area (Å²) in [7, 11) is 1.67. The third kappa shape index (κ3) is 2.78. The molecule has 0 radical (unpaired) electrons. The zero-order valence-electron chi connectivity index (χ0n) is 11.4. The number of benzene rings is 1. The van der Waals surface area contributed by atoms with Gasteiger partial charge in [0.25, 0.3) is 0 Å². The highest BCUT2D eigenvalue weighted by molar-refractivity contribution is 6.32. The maximum Gasteiger partial charge on any atom is 0.397 e. The summed E-state index contributed by atoms with van der Waals surface area (Å²) in [5.74, 6) is -1.34. The largest absolute Gasteiger partial charge is 0.459 e. The average molecular weight is 261 g/mol. The van der Waals surface area contributed by atoms with Crippen LogP contribution in [0.5, 0.6) is 0 Å². The van der Waals surface area contributed by atoms with Crippen molar-refractivity contribution in [2.24, 2.45) is 0 Å². The quantitative estimate of drug-likeness (QED) is 0.605. The Morgan fingerprint density at radius 2 is 2.11 bits per heavy atom. The van der Waals surface area contributed by atoms with Crippen LogP contribution in [0.15, 0.2) is 24.3 Å². The predicted octanol–water partition coefficient (Wildman–Crippen LogP) is 2.09. The molecule has 1 aliphatic carbocycles. The minimum Gasteiger partial charge on any atom is -0.459 e. The van der Waals surface area contributed by atoms with Crippen molar-refractivity contribution in [1.29, 1.82) is 0 Å². The number of aryl methyl sites for hydroxylation is 1. The summed E-state index contributed by atoms with van der Waals surface area (Å²) in [5.41, 5.74) is 2.41. The topological polar surface area (TPSA) is 46.6 Å². The zero-order valence-corrected chi connectivity index (χ0v) is 11.4. The normalized spacial score (nSPS) is 17.5. The fourth-order valence-corrected chi connectivity index (χ4v) is 2.61. The third-order valence-corrected chi connectivity index (χ3v) is 3.58. The molecule has 1 aliphatic rings. The van der Waals surface area contributed by atoms with Gasteiger partial charge in [-0.25, -0.2) is 4.79 Å². The van der Waals surface area contributed by atoms with Gasteiger partial charge in [0.1, 0.15) is 0 Å². The number of likely N-dealkylation sites (N-methyl/N-ethyl adjacent to an activating group) is 1. The Kier molecular flexibility index (Phi) is 4.20. The van der Waals surface area contributed by atoms with E-state index >= 15 is 0 Å². The van der Waals surface area contributed by atoms with Crippen LogP contribution in [0.3, 0.4) is 0 Å². The van der Waals surface area contributed by atoms with Crippen molar-refractivity contribution < 1.29 is 14.3 Å². The van der Waals surface area contributed by atoms with Gasteiger partial charge in [-0.15, -0.1) is 0 Å². The van der Waals surface area contributed by atoms with Crippen LogP contribution in [-0.4, -0.2) is 30.4 Å². The van der Waals surface area contributed by atoms with Gasteiger partial charge in [-0.3, -0.25) is 4.79 Å². The Labute approximate surface area is 113 Å². The second-order valence-corrected chi connectivity index (χ2v) is 4.74. The highest BCUT2D eigenvalue weighted by Crippen LogP contribution is 2.33. The summed E-state index contributed by atoms with van der Waals surface area (Å²) >= 11 is 0. The van der Waals surface area contributed by atoms with Gasteiger partial charge >= 0.3 is 11.9 Å². The fraction of sp³-hybridized carbons (Fsp3) is 0.467. The van der Waals surface area contributed by atoms with Gasteiger partial charge < -0.3 is 9.64 Å². The number of amides is 1. The first-order chi connectivity index (χ1) is 9.15. The van der Waals surface area contributed by atoms with E-state index in [0.29, 0.717) is 0 Å². The van der Waals surface area contributed by atoms with Crippen molar-refractivity contribution in [3.8, 4) is 0 Å². The van der Waals surface area contributed by atoms with Crippen molar-refractivity contribution >= 4 is 11.9 Å². The molecule has 0 N–H and O–H groups in total. The second kappa shape index (κ2) is 5.87. The van der Waals surface area contributed by atoms with E-state index in [2.05, 4.69) is 6.07 Å². The highest BCUT2D eigenvalue weighted by atomic mass is 16.5. The molecule has 19 heavy (non-hydrogen) atoms. The van der Waals surface area contributed by atoms with Crippen molar-refractivity contribution in [1.82, 2.24) is 4.90 Å². The third-order valence-electron chi connectivity index (χ3n) is 3.58. The lowest BCUT2D eigenvalue weighted by molar-refractivity contribution is -0.160. The molecule has 0 fully saturated rings. The molecule has 0 saturated heterocycles. The second-order valence-electron chi connectivity index (χ2n) is 4.74. The fourth-order valence-electron chi connectivity index (χ4n) is 2.61. The van der Waals surface area contributed by atoms with E-state index in [9.17, 15) is 9.59 Å². The summed E-state index contributed by atoms with van der Waals surface area (Å²) in [5, 5.41) is 0. The number of rotatable bonds is 2. The Hall–Kier alpha value is -1.84. The van der Waals surface area contributed by atoms with Crippen molar-refractivity contribution in [3.63, 3.8) is 0 Å². The van der Waals surface area contributed by atoms with Gasteiger partial charge in [-0.2, -0.15) is 0 Å². The van der Waals surface area contributed by atoms with Crippen LogP contribution in [0.1, 0.15) is 36.9 Å². The number of nitrogens with zero attached hydrogens (tertiary/aromatic N) is 1. The Bertz CT molecular complexity index is 484. The van der Waals surface area contributed by atoms with Crippen LogP contribution >= 0.6 is 0 Å². The number of hydrogen-bond donors (Lipinski definition) is 0. The minimum absolute atomic E-state index is 0.0261. The van der Waals surface area contributed by atoms with Crippen LogP contribution in [0, 0.1) is 0 Å². The van der Waals surface area contributed by atoms with Gasteiger partial charge in [-0.1, -0.05) is 24.3 Å². The highest BCUT2D eigenvalue weighted by Gasteiger charge is 2.30. The Morgan fingerprint density at radius 3 is 2.84 bits per heavy atom. The lowest BCUT2D eigenvalue weighted by Gasteiger charge is -2.32. The molecule has 0 bridgehead atoms. The summed E-state index contributed by atoms with van der Waals surface area (Å²) in [6, 6.07) is 8.08. The molecule has 0 aliphatic heterocycles. The Balaban J connectivity index is 2.19. The molecule has 0 spiro atoms. The van der Waals surface area contributed by atoms with E-state index in [1.165, 1.54) is 10.5 Å². The van der Waals surface area contributed by atoms with E-state index in [1.54, 1.807) is 14.0 Å². The standard InChI is InChI=1S/C15H19NO3/c1-3-19-15(18)14(17)16(2)13-10-6-8-11-7-4-5-9-12(11)13/h4-5,7,9,13H,3,6,8,10H2,1-2H3/t13-/m1/s1. The first-order valence-electron chi connectivity index (χ1n) is 6.67. The van der Waals surface area contributed by atoms with E-state index in [4.69, 9.17) is 4.74 Å². The predicted molar refractivity (Wildman–Crippen MR) is 71.5 cm³/mol. The summed E-state index contributed by atoms with van der Waals surface area (Å²) in [6.07, 6.45) is 2.95. The number of carbonyl (C=O) groups excluding carboxylic acids is 2. The lowest BCUT2D eigenvalue weighted by atomic mass is 9.87. The van der Waals surface area contributed by atoms with Crippen LogP contribution in [0.2, 0.25) is 0 Å². The smallest absolute Gasteiger partial charge is 0.397 e. The molecule has 1 amide bonds. The Morgan fingerprint density at radius 1 is 1.37 bits per heavy atom. The molecule has 1 aromatic rings. The maximum absolute atomic E-state index is 12.0. The van der Waals surface area contributed by atoms with E-state index in [-0.39, 0.29) is 12.6 Å². The van der Waals surface area contributed by atoms with E-state index < -0.39 is 11.9 Å². The number of hydrogen-bond acceptors (Lipinski definition) is 3. The molecule has 0 saturated carbocycles. The van der Waals surface area contributed by atoms with Crippen LogP contribution in [-0.2, 0) is 20.7 Å². The molecular formula is C15H19NO3. The molecule has 0 heterocycles. The van der Waals surface area contributed by atoms with E-state index in [0.717, 1.165) is 24.8 Å². The van der Waals surface area contributed by atoms with Gasteiger partial charge in [0.15, 0.2) is 0 Å². The van der Waals surface area contributed by atoms with Crippen molar-refractivity contribution in [2.45, 2.75) is 32.2 Å². The molecule has 4 heteroatoms. The number of carbonyl (C=O) groups is 2. The number of fused-ring (bicyclic) bond motifs is 1. The molecular weight excluding hydrogens is 242 g/mol. The SMILES string of the molecule is CCOC(=O)C(=O)N(C)[C@@H]1CCCc2ccccc21. The minimum atomic E-state index is -0.770. The monoisotopic (exact) mass is 261 g/mol. The molecule has 102 valence electrons. The maximum atomic E-state index is 12.0.